The van der Waals surface area contributed by atoms with E-state index in [0.717, 1.165) is 23.5 Å². The second kappa shape index (κ2) is 8.04. The van der Waals surface area contributed by atoms with Crippen LogP contribution in [0.4, 0.5) is 13.2 Å². The van der Waals surface area contributed by atoms with Crippen LogP contribution in [0.5, 0.6) is 5.75 Å². The third-order valence-electron chi connectivity index (χ3n) is 4.14. The molecule has 1 aliphatic heterocycles. The largest absolute Gasteiger partial charge is 0.497 e. The molecule has 150 valence electrons. The summed E-state index contributed by atoms with van der Waals surface area (Å²) in [6.07, 6.45) is -3.40. The summed E-state index contributed by atoms with van der Waals surface area (Å²) in [5.41, 5.74) is 1.05. The van der Waals surface area contributed by atoms with Gasteiger partial charge in [0.05, 0.1) is 24.4 Å². The van der Waals surface area contributed by atoms with Crippen molar-refractivity contribution in [1.82, 2.24) is 9.29 Å². The molecular weight excluding hydrogens is 411 g/mol. The molecule has 1 aliphatic rings. The predicted molar refractivity (Wildman–Crippen MR) is 105 cm³/mol. The number of benzene rings is 1. The number of nitrogens with zero attached hydrogens (tertiary/aromatic N) is 3. The summed E-state index contributed by atoms with van der Waals surface area (Å²) >= 11 is 1.48. The first-order chi connectivity index (χ1) is 13.3. The molecule has 5 nitrogen and oxygen atoms in total. The van der Waals surface area contributed by atoms with Gasteiger partial charge in [0.15, 0.2) is 0 Å². The maximum atomic E-state index is 13.5. The second-order valence-corrected chi connectivity index (χ2v) is 9.02. The highest BCUT2D eigenvalue weighted by Gasteiger charge is 2.32. The van der Waals surface area contributed by atoms with Crippen LogP contribution in [0, 0.1) is 0 Å². The zero-order chi connectivity index (χ0) is 20.4. The van der Waals surface area contributed by atoms with Gasteiger partial charge in [0.1, 0.15) is 21.4 Å². The number of rotatable bonds is 5. The number of hydrogen-bond donors (Lipinski definition) is 0. The molecule has 0 amide bonds. The van der Waals surface area contributed by atoms with Gasteiger partial charge in [-0.05, 0) is 46.9 Å². The van der Waals surface area contributed by atoms with Crippen LogP contribution >= 0.6 is 11.8 Å². The van der Waals surface area contributed by atoms with E-state index >= 15 is 0 Å². The summed E-state index contributed by atoms with van der Waals surface area (Å²) in [6, 6.07) is 9.52. The van der Waals surface area contributed by atoms with Gasteiger partial charge in [-0.2, -0.15) is 13.2 Å². The Kier molecular flexibility index (Phi) is 5.90. The zero-order valence-corrected chi connectivity index (χ0v) is 16.8. The van der Waals surface area contributed by atoms with Crippen LogP contribution in [0.25, 0.3) is 5.70 Å². The number of alkyl halides is 3. The fourth-order valence-electron chi connectivity index (χ4n) is 2.66. The molecule has 2 heterocycles. The molecule has 0 aliphatic carbocycles. The highest BCUT2D eigenvalue weighted by molar-refractivity contribution is 8.03. The van der Waals surface area contributed by atoms with Crippen LogP contribution in [0.1, 0.15) is 16.8 Å². The number of ether oxygens (including phenoxy) is 1. The third kappa shape index (κ3) is 4.27. The van der Waals surface area contributed by atoms with E-state index in [1.165, 1.54) is 24.9 Å². The molecule has 0 radical (unpaired) electrons. The highest BCUT2D eigenvalue weighted by Crippen LogP contribution is 2.36. The van der Waals surface area contributed by atoms with Crippen molar-refractivity contribution in [2.75, 3.05) is 20.0 Å². The summed E-state index contributed by atoms with van der Waals surface area (Å²) < 4.78 is 62.6. The third-order valence-corrected chi connectivity index (χ3v) is 7.40. The minimum absolute atomic E-state index is 0.0251. The molecule has 10 heteroatoms. The standard InChI is InChI=1S/C18H18F3N3O2S2/c1-22-28(25,11-13-3-8-17(23-9-13)18(19,20)21)24-12-27-10-16(24)14-4-6-15(26-2)7-5-14/h3-10H,11-12H2,1-2H3. The van der Waals surface area contributed by atoms with Crippen molar-refractivity contribution in [3.63, 3.8) is 0 Å². The van der Waals surface area contributed by atoms with Gasteiger partial charge >= 0.3 is 6.18 Å². The van der Waals surface area contributed by atoms with Gasteiger partial charge in [-0.1, -0.05) is 6.07 Å². The van der Waals surface area contributed by atoms with Crippen molar-refractivity contribution < 1.29 is 22.1 Å². The fraction of sp³-hybridized carbons (Fsp3) is 0.278. The van der Waals surface area contributed by atoms with Crippen LogP contribution in [0.15, 0.2) is 52.4 Å². The van der Waals surface area contributed by atoms with E-state index in [1.54, 1.807) is 11.4 Å². The van der Waals surface area contributed by atoms with Crippen molar-refractivity contribution in [2.24, 2.45) is 4.36 Å². The fourth-order valence-corrected chi connectivity index (χ4v) is 5.89. The quantitative estimate of drug-likeness (QED) is 0.696. The smallest absolute Gasteiger partial charge is 0.433 e. The van der Waals surface area contributed by atoms with E-state index < -0.39 is 21.8 Å². The lowest BCUT2D eigenvalue weighted by Crippen LogP contribution is -2.28. The Hall–Kier alpha value is -2.20. The van der Waals surface area contributed by atoms with E-state index in [4.69, 9.17) is 4.74 Å². The Balaban J connectivity index is 1.86. The first-order valence-electron chi connectivity index (χ1n) is 8.16. The second-order valence-electron chi connectivity index (χ2n) is 5.89. The first-order valence-corrected chi connectivity index (χ1v) is 10.8. The van der Waals surface area contributed by atoms with Crippen LogP contribution < -0.4 is 4.74 Å². The molecular formula is C18H18F3N3O2S2. The monoisotopic (exact) mass is 429 g/mol. The maximum absolute atomic E-state index is 13.5. The molecule has 0 bridgehead atoms. The lowest BCUT2D eigenvalue weighted by atomic mass is 10.2. The Bertz CT molecular complexity index is 981. The molecule has 2 aromatic rings. The Morgan fingerprint density at radius 2 is 1.96 bits per heavy atom. The van der Waals surface area contributed by atoms with Gasteiger partial charge in [-0.3, -0.25) is 9.29 Å². The molecule has 0 spiro atoms. The topological polar surface area (TPSA) is 54.8 Å². The van der Waals surface area contributed by atoms with Crippen molar-refractivity contribution in [3.05, 3.63) is 64.8 Å². The molecule has 1 unspecified atom stereocenters. The summed E-state index contributed by atoms with van der Waals surface area (Å²) in [7, 11) is 0.126. The molecule has 0 saturated carbocycles. The van der Waals surface area contributed by atoms with E-state index in [9.17, 15) is 17.4 Å². The summed E-state index contributed by atoms with van der Waals surface area (Å²) in [4.78, 5) is 3.45. The number of aromatic nitrogens is 1. The number of methoxy groups -OCH3 is 1. The molecule has 3 rings (SSSR count). The van der Waals surface area contributed by atoms with Gasteiger partial charge in [0.25, 0.3) is 0 Å². The molecule has 1 aromatic heterocycles. The van der Waals surface area contributed by atoms with Gasteiger partial charge in [0.2, 0.25) is 0 Å². The molecule has 0 fully saturated rings. The van der Waals surface area contributed by atoms with Crippen LogP contribution in [-0.2, 0) is 21.8 Å². The molecule has 1 atom stereocenters. The molecule has 1 aromatic carbocycles. The Morgan fingerprint density at radius 3 is 2.50 bits per heavy atom. The number of hydrogen-bond acceptors (Lipinski definition) is 5. The zero-order valence-electron chi connectivity index (χ0n) is 15.1. The first kappa shape index (κ1) is 20.5. The van der Waals surface area contributed by atoms with Crippen LogP contribution in [-0.4, -0.2) is 33.5 Å². The Morgan fingerprint density at radius 1 is 1.25 bits per heavy atom. The predicted octanol–water partition coefficient (Wildman–Crippen LogP) is 4.63. The van der Waals surface area contributed by atoms with E-state index in [1.807, 2.05) is 29.7 Å². The number of thioether (sulfide) groups is 1. The lowest BCUT2D eigenvalue weighted by Gasteiger charge is -2.25. The SMILES string of the molecule is CN=S(=O)(Cc1ccc(C(F)(F)F)nc1)N1CSC=C1c1ccc(OC)cc1. The summed E-state index contributed by atoms with van der Waals surface area (Å²) in [5.74, 6) is 1.12. The summed E-state index contributed by atoms with van der Waals surface area (Å²) in [6.45, 7) is 0. The summed E-state index contributed by atoms with van der Waals surface area (Å²) in [5, 5.41) is 1.90. The maximum Gasteiger partial charge on any atom is 0.433 e. The normalized spacial score (nSPS) is 16.5. The molecule has 28 heavy (non-hydrogen) atoms. The van der Waals surface area contributed by atoms with Crippen LogP contribution in [0.3, 0.4) is 0 Å². The van der Waals surface area contributed by atoms with E-state index in [-0.39, 0.29) is 5.75 Å². The Labute approximate surface area is 165 Å². The van der Waals surface area contributed by atoms with Gasteiger partial charge in [0, 0.05) is 13.2 Å². The van der Waals surface area contributed by atoms with Crippen LogP contribution in [0.2, 0.25) is 0 Å². The highest BCUT2D eigenvalue weighted by atomic mass is 32.2. The van der Waals surface area contributed by atoms with E-state index in [0.29, 0.717) is 17.2 Å². The number of halogens is 3. The lowest BCUT2D eigenvalue weighted by molar-refractivity contribution is -0.141. The molecule has 0 N–H and O–H groups in total. The average molecular weight is 429 g/mol. The number of pyridine rings is 1. The van der Waals surface area contributed by atoms with E-state index in [2.05, 4.69) is 9.35 Å². The molecule has 0 saturated heterocycles. The van der Waals surface area contributed by atoms with Crippen molar-refractivity contribution >= 4 is 27.4 Å². The van der Waals surface area contributed by atoms with Crippen molar-refractivity contribution in [1.29, 1.82) is 0 Å². The van der Waals surface area contributed by atoms with Crippen molar-refractivity contribution in [3.8, 4) is 5.75 Å². The van der Waals surface area contributed by atoms with Gasteiger partial charge in [-0.25, -0.2) is 8.57 Å². The minimum atomic E-state index is -4.51. The van der Waals surface area contributed by atoms with Gasteiger partial charge < -0.3 is 4.74 Å². The van der Waals surface area contributed by atoms with Crippen molar-refractivity contribution in [2.45, 2.75) is 11.9 Å². The average Bonchev–Trinajstić information content (AvgIpc) is 3.18. The minimum Gasteiger partial charge on any atom is -0.497 e. The van der Waals surface area contributed by atoms with Gasteiger partial charge in [-0.15, -0.1) is 11.8 Å².